The molecule has 1 heterocycles. The summed E-state index contributed by atoms with van der Waals surface area (Å²) in [6, 6.07) is 1.95. The zero-order valence-electron chi connectivity index (χ0n) is 10.2. The Morgan fingerprint density at radius 1 is 1.50 bits per heavy atom. The SMILES string of the molecule is CCOC(C(O)c1sccc1Br)C(C)(C)C. The number of rotatable bonds is 4. The van der Waals surface area contributed by atoms with Crippen LogP contribution in [0.4, 0.5) is 0 Å². The van der Waals surface area contributed by atoms with Crippen LogP contribution >= 0.6 is 27.3 Å². The number of aliphatic hydroxyl groups is 1. The molecule has 1 aromatic heterocycles. The molecule has 2 unspecified atom stereocenters. The fraction of sp³-hybridized carbons (Fsp3) is 0.667. The van der Waals surface area contributed by atoms with E-state index in [4.69, 9.17) is 4.74 Å². The van der Waals surface area contributed by atoms with Gasteiger partial charge in [-0.3, -0.25) is 0 Å². The second-order valence-electron chi connectivity index (χ2n) is 4.82. The lowest BCUT2D eigenvalue weighted by Gasteiger charge is -2.33. The predicted octanol–water partition coefficient (Wildman–Crippen LogP) is 4.00. The van der Waals surface area contributed by atoms with E-state index in [1.807, 2.05) is 18.4 Å². The van der Waals surface area contributed by atoms with E-state index in [0.29, 0.717) is 6.61 Å². The first-order valence-corrected chi connectivity index (χ1v) is 7.07. The van der Waals surface area contributed by atoms with Crippen molar-refractivity contribution in [2.75, 3.05) is 6.61 Å². The van der Waals surface area contributed by atoms with Gasteiger partial charge in [-0.2, -0.15) is 0 Å². The Labute approximate surface area is 110 Å². The molecule has 0 aliphatic heterocycles. The first-order chi connectivity index (χ1) is 7.38. The Hall–Kier alpha value is 0.100. The van der Waals surface area contributed by atoms with Gasteiger partial charge in [0.25, 0.3) is 0 Å². The van der Waals surface area contributed by atoms with E-state index >= 15 is 0 Å². The number of hydrogen-bond donors (Lipinski definition) is 1. The minimum Gasteiger partial charge on any atom is -0.385 e. The van der Waals surface area contributed by atoms with Crippen LogP contribution in [0.3, 0.4) is 0 Å². The minimum atomic E-state index is -0.575. The molecule has 0 saturated carbocycles. The van der Waals surface area contributed by atoms with Gasteiger partial charge in [-0.15, -0.1) is 11.3 Å². The summed E-state index contributed by atoms with van der Waals surface area (Å²) in [6.45, 7) is 8.81. The average Bonchev–Trinajstić information content (AvgIpc) is 2.58. The second-order valence-corrected chi connectivity index (χ2v) is 6.62. The highest BCUT2D eigenvalue weighted by Gasteiger charge is 2.34. The van der Waals surface area contributed by atoms with Crippen molar-refractivity contribution in [2.45, 2.75) is 39.9 Å². The van der Waals surface area contributed by atoms with Crippen molar-refractivity contribution < 1.29 is 9.84 Å². The van der Waals surface area contributed by atoms with Gasteiger partial charge in [-0.1, -0.05) is 20.8 Å². The minimum absolute atomic E-state index is 0.0845. The van der Waals surface area contributed by atoms with E-state index in [0.717, 1.165) is 9.35 Å². The molecular weight excluding hydrogens is 288 g/mol. The van der Waals surface area contributed by atoms with Gasteiger partial charge in [0.15, 0.2) is 0 Å². The molecule has 2 atom stereocenters. The lowest BCUT2D eigenvalue weighted by Crippen LogP contribution is -2.35. The highest BCUT2D eigenvalue weighted by atomic mass is 79.9. The normalized spacial score (nSPS) is 16.1. The quantitative estimate of drug-likeness (QED) is 0.911. The molecule has 0 saturated heterocycles. The number of ether oxygens (including phenoxy) is 1. The van der Waals surface area contributed by atoms with Gasteiger partial charge < -0.3 is 9.84 Å². The Balaban J connectivity index is 2.92. The fourth-order valence-corrected chi connectivity index (χ4v) is 3.26. The van der Waals surface area contributed by atoms with Gasteiger partial charge in [-0.05, 0) is 39.7 Å². The fourth-order valence-electron chi connectivity index (χ4n) is 1.65. The molecule has 1 N–H and O–H groups in total. The third kappa shape index (κ3) is 3.29. The van der Waals surface area contributed by atoms with Crippen molar-refractivity contribution >= 4 is 27.3 Å². The predicted molar refractivity (Wildman–Crippen MR) is 71.8 cm³/mol. The zero-order valence-corrected chi connectivity index (χ0v) is 12.6. The molecule has 4 heteroatoms. The molecule has 0 bridgehead atoms. The second kappa shape index (κ2) is 5.63. The Morgan fingerprint density at radius 3 is 2.50 bits per heavy atom. The summed E-state index contributed by atoms with van der Waals surface area (Å²) in [5.74, 6) is 0. The van der Waals surface area contributed by atoms with Crippen LogP contribution in [0.15, 0.2) is 15.9 Å². The highest BCUT2D eigenvalue weighted by molar-refractivity contribution is 9.10. The number of aliphatic hydroxyl groups excluding tert-OH is 1. The van der Waals surface area contributed by atoms with Crippen LogP contribution in [-0.4, -0.2) is 17.8 Å². The Kier molecular flexibility index (Phi) is 4.98. The van der Waals surface area contributed by atoms with Gasteiger partial charge in [0.1, 0.15) is 6.10 Å². The Bertz CT molecular complexity index is 330. The van der Waals surface area contributed by atoms with Gasteiger partial charge in [-0.25, -0.2) is 0 Å². The summed E-state index contributed by atoms with van der Waals surface area (Å²) >= 11 is 5.00. The topological polar surface area (TPSA) is 29.5 Å². The first kappa shape index (κ1) is 14.2. The molecule has 0 aromatic carbocycles. The van der Waals surface area contributed by atoms with E-state index < -0.39 is 6.10 Å². The molecule has 16 heavy (non-hydrogen) atoms. The van der Waals surface area contributed by atoms with Crippen molar-refractivity contribution in [1.82, 2.24) is 0 Å². The zero-order chi connectivity index (χ0) is 12.3. The van der Waals surface area contributed by atoms with Crippen LogP contribution < -0.4 is 0 Å². The molecule has 0 fully saturated rings. The van der Waals surface area contributed by atoms with Crippen molar-refractivity contribution in [3.05, 3.63) is 20.8 Å². The van der Waals surface area contributed by atoms with Crippen LogP contribution in [0.5, 0.6) is 0 Å². The maximum absolute atomic E-state index is 10.4. The standard InChI is InChI=1S/C12H19BrO2S/c1-5-15-11(12(2,3)4)9(14)10-8(13)6-7-16-10/h6-7,9,11,14H,5H2,1-4H3. The van der Waals surface area contributed by atoms with E-state index in [2.05, 4.69) is 36.7 Å². The van der Waals surface area contributed by atoms with Gasteiger partial charge in [0.05, 0.1) is 6.10 Å². The molecule has 0 aliphatic rings. The summed E-state index contributed by atoms with van der Waals surface area (Å²) in [7, 11) is 0. The summed E-state index contributed by atoms with van der Waals surface area (Å²) < 4.78 is 6.64. The third-order valence-electron chi connectivity index (χ3n) is 2.40. The van der Waals surface area contributed by atoms with E-state index in [9.17, 15) is 5.11 Å². The average molecular weight is 307 g/mol. The van der Waals surface area contributed by atoms with Gasteiger partial charge in [0.2, 0.25) is 0 Å². The number of hydrogen-bond acceptors (Lipinski definition) is 3. The summed E-state index contributed by atoms with van der Waals surface area (Å²) in [5.41, 5.74) is -0.0845. The third-order valence-corrected chi connectivity index (χ3v) is 4.34. The van der Waals surface area contributed by atoms with E-state index in [-0.39, 0.29) is 11.5 Å². The summed E-state index contributed by atoms with van der Waals surface area (Å²) in [6.07, 6.45) is -0.762. The molecule has 0 radical (unpaired) electrons. The number of halogens is 1. The Morgan fingerprint density at radius 2 is 2.12 bits per heavy atom. The smallest absolute Gasteiger partial charge is 0.116 e. The van der Waals surface area contributed by atoms with Crippen molar-refractivity contribution in [2.24, 2.45) is 5.41 Å². The summed E-state index contributed by atoms with van der Waals surface area (Å²) in [4.78, 5) is 0.938. The molecule has 0 aliphatic carbocycles. The monoisotopic (exact) mass is 306 g/mol. The lowest BCUT2D eigenvalue weighted by molar-refractivity contribution is -0.0888. The summed E-state index contributed by atoms with van der Waals surface area (Å²) in [5, 5.41) is 12.3. The van der Waals surface area contributed by atoms with Crippen LogP contribution in [0.2, 0.25) is 0 Å². The lowest BCUT2D eigenvalue weighted by atomic mass is 9.85. The maximum atomic E-state index is 10.4. The van der Waals surface area contributed by atoms with Crippen molar-refractivity contribution in [1.29, 1.82) is 0 Å². The molecule has 1 aromatic rings. The van der Waals surface area contributed by atoms with Crippen LogP contribution in [0.1, 0.15) is 38.7 Å². The molecule has 2 nitrogen and oxygen atoms in total. The molecule has 1 rings (SSSR count). The molecule has 0 spiro atoms. The van der Waals surface area contributed by atoms with E-state index in [1.165, 1.54) is 0 Å². The molecular formula is C12H19BrO2S. The first-order valence-electron chi connectivity index (χ1n) is 5.40. The van der Waals surface area contributed by atoms with Crippen molar-refractivity contribution in [3.8, 4) is 0 Å². The molecule has 92 valence electrons. The van der Waals surface area contributed by atoms with Gasteiger partial charge >= 0.3 is 0 Å². The van der Waals surface area contributed by atoms with Crippen LogP contribution in [-0.2, 0) is 4.74 Å². The van der Waals surface area contributed by atoms with E-state index in [1.54, 1.807) is 11.3 Å². The van der Waals surface area contributed by atoms with Gasteiger partial charge in [0, 0.05) is 16.0 Å². The number of thiophene rings is 1. The van der Waals surface area contributed by atoms with Crippen LogP contribution in [0.25, 0.3) is 0 Å². The van der Waals surface area contributed by atoms with Crippen LogP contribution in [0, 0.1) is 5.41 Å². The highest BCUT2D eigenvalue weighted by Crippen LogP contribution is 2.38. The van der Waals surface area contributed by atoms with Crippen molar-refractivity contribution in [3.63, 3.8) is 0 Å². The maximum Gasteiger partial charge on any atom is 0.116 e. The molecule has 0 amide bonds. The largest absolute Gasteiger partial charge is 0.385 e.